The van der Waals surface area contributed by atoms with Crippen LogP contribution in [0.1, 0.15) is 30.9 Å². The fraction of sp³-hybridized carbons (Fsp3) is 0.478. The summed E-state index contributed by atoms with van der Waals surface area (Å²) >= 11 is 0. The Bertz CT molecular complexity index is 702. The lowest BCUT2D eigenvalue weighted by atomic mass is 9.70. The quantitative estimate of drug-likeness (QED) is 0.736. The zero-order valence-corrected chi connectivity index (χ0v) is 17.7. The minimum absolute atomic E-state index is 0. The van der Waals surface area contributed by atoms with Crippen LogP contribution in [0.15, 0.2) is 54.6 Å². The molecule has 0 amide bonds. The zero-order chi connectivity index (χ0) is 19.3. The van der Waals surface area contributed by atoms with Crippen molar-refractivity contribution in [3.63, 3.8) is 0 Å². The molecule has 0 radical (unpaired) electrons. The van der Waals surface area contributed by atoms with Gasteiger partial charge in [0.2, 0.25) is 0 Å². The molecule has 0 aliphatic carbocycles. The standard InChI is InChI=1S/C23H31NO3.ClH/c1-18(2)23(25,20-9-11-21(26-3)12-10-20)22(19-7-5-4-6-8-19)17-24-13-15-27-16-14-24;/h4-12,18,22,25H,13-17H2,1-3H3;1H/p-1. The maximum atomic E-state index is 12.1. The minimum atomic E-state index is -0.980. The molecule has 0 aromatic heterocycles. The summed E-state index contributed by atoms with van der Waals surface area (Å²) in [6.07, 6.45) is 0. The van der Waals surface area contributed by atoms with Gasteiger partial charge in [0.05, 0.1) is 25.9 Å². The van der Waals surface area contributed by atoms with E-state index in [1.165, 1.54) is 0 Å². The van der Waals surface area contributed by atoms with E-state index in [2.05, 4.69) is 43.0 Å². The number of aliphatic hydroxyl groups is 1. The summed E-state index contributed by atoms with van der Waals surface area (Å²) in [7, 11) is 1.66. The van der Waals surface area contributed by atoms with Crippen LogP contribution in [0, 0.1) is 5.92 Å². The van der Waals surface area contributed by atoms with Gasteiger partial charge in [-0.3, -0.25) is 4.90 Å². The number of benzene rings is 2. The third-order valence-electron chi connectivity index (χ3n) is 5.71. The molecule has 2 aromatic rings. The molecule has 1 fully saturated rings. The van der Waals surface area contributed by atoms with E-state index >= 15 is 0 Å². The van der Waals surface area contributed by atoms with Gasteiger partial charge in [-0.15, -0.1) is 0 Å². The van der Waals surface area contributed by atoms with E-state index in [4.69, 9.17) is 9.47 Å². The molecule has 154 valence electrons. The van der Waals surface area contributed by atoms with Crippen LogP contribution in [0.2, 0.25) is 0 Å². The van der Waals surface area contributed by atoms with Gasteiger partial charge in [0.15, 0.2) is 0 Å². The molecule has 0 bridgehead atoms. The molecule has 2 aromatic carbocycles. The SMILES string of the molecule is COc1ccc(C(O)(C(C)C)C(CN2CCOCC2)c2ccccc2)cc1.[Cl-]. The third kappa shape index (κ3) is 4.87. The minimum Gasteiger partial charge on any atom is -1.00 e. The van der Waals surface area contributed by atoms with Crippen molar-refractivity contribution in [1.82, 2.24) is 4.90 Å². The number of ether oxygens (including phenoxy) is 2. The monoisotopic (exact) mass is 404 g/mol. The van der Waals surface area contributed by atoms with Gasteiger partial charge in [0.25, 0.3) is 0 Å². The second-order valence-corrected chi connectivity index (χ2v) is 7.58. The molecule has 28 heavy (non-hydrogen) atoms. The summed E-state index contributed by atoms with van der Waals surface area (Å²) in [4.78, 5) is 2.40. The number of nitrogens with zero attached hydrogens (tertiary/aromatic N) is 1. The largest absolute Gasteiger partial charge is 1.00 e. The number of rotatable bonds is 7. The van der Waals surface area contributed by atoms with Crippen molar-refractivity contribution in [2.24, 2.45) is 5.92 Å². The van der Waals surface area contributed by atoms with Gasteiger partial charge < -0.3 is 27.0 Å². The molecule has 2 unspecified atom stereocenters. The average Bonchev–Trinajstić information content (AvgIpc) is 2.73. The number of hydrogen-bond donors (Lipinski definition) is 1. The van der Waals surface area contributed by atoms with Gasteiger partial charge in [0, 0.05) is 25.6 Å². The Balaban J connectivity index is 0.00000280. The number of methoxy groups -OCH3 is 1. The molecule has 1 N–H and O–H groups in total. The summed E-state index contributed by atoms with van der Waals surface area (Å²) in [5.41, 5.74) is 1.11. The molecular formula is C23H31ClNO3-. The molecule has 4 nitrogen and oxygen atoms in total. The maximum Gasteiger partial charge on any atom is 0.118 e. The first-order chi connectivity index (χ1) is 13.1. The fourth-order valence-corrected chi connectivity index (χ4v) is 4.02. The number of morpholine rings is 1. The predicted octanol–water partition coefficient (Wildman–Crippen LogP) is 0.659. The molecule has 2 atom stereocenters. The first kappa shape index (κ1) is 22.7. The van der Waals surface area contributed by atoms with Crippen LogP contribution in [-0.2, 0) is 10.3 Å². The third-order valence-corrected chi connectivity index (χ3v) is 5.71. The van der Waals surface area contributed by atoms with Crippen LogP contribution < -0.4 is 17.1 Å². The summed E-state index contributed by atoms with van der Waals surface area (Å²) in [6.45, 7) is 8.31. The highest BCUT2D eigenvalue weighted by Crippen LogP contribution is 2.43. The Morgan fingerprint density at radius 2 is 1.64 bits per heavy atom. The molecule has 0 saturated carbocycles. The average molecular weight is 405 g/mol. The smallest absolute Gasteiger partial charge is 0.118 e. The number of hydrogen-bond acceptors (Lipinski definition) is 4. The van der Waals surface area contributed by atoms with Crippen molar-refractivity contribution < 1.29 is 27.0 Å². The second kappa shape index (κ2) is 10.3. The lowest BCUT2D eigenvalue weighted by molar-refractivity contribution is -0.0547. The Morgan fingerprint density at radius 1 is 1.04 bits per heavy atom. The van der Waals surface area contributed by atoms with Crippen molar-refractivity contribution in [3.8, 4) is 5.75 Å². The molecule has 1 saturated heterocycles. The van der Waals surface area contributed by atoms with Gasteiger partial charge >= 0.3 is 0 Å². The van der Waals surface area contributed by atoms with Crippen molar-refractivity contribution in [2.45, 2.75) is 25.4 Å². The van der Waals surface area contributed by atoms with Crippen molar-refractivity contribution in [1.29, 1.82) is 0 Å². The Morgan fingerprint density at radius 3 is 2.18 bits per heavy atom. The topological polar surface area (TPSA) is 41.9 Å². The van der Waals surface area contributed by atoms with E-state index in [0.717, 1.165) is 49.7 Å². The predicted molar refractivity (Wildman–Crippen MR) is 108 cm³/mol. The molecule has 3 rings (SSSR count). The normalized spacial score (nSPS) is 18.2. The molecule has 1 aliphatic heterocycles. The van der Waals surface area contributed by atoms with Crippen molar-refractivity contribution in [3.05, 3.63) is 65.7 Å². The summed E-state index contributed by atoms with van der Waals surface area (Å²) in [5, 5.41) is 12.1. The molecule has 1 aliphatic rings. The van der Waals surface area contributed by atoms with Gasteiger partial charge in [-0.2, -0.15) is 0 Å². The van der Waals surface area contributed by atoms with Crippen molar-refractivity contribution in [2.75, 3.05) is 40.0 Å². The molecule has 0 spiro atoms. The Kier molecular flexibility index (Phi) is 8.32. The van der Waals surface area contributed by atoms with Gasteiger partial charge in [-0.05, 0) is 29.2 Å². The fourth-order valence-electron chi connectivity index (χ4n) is 4.02. The van der Waals surface area contributed by atoms with Crippen LogP contribution >= 0.6 is 0 Å². The Labute approximate surface area is 174 Å². The highest BCUT2D eigenvalue weighted by Gasteiger charge is 2.43. The van der Waals surface area contributed by atoms with E-state index < -0.39 is 5.60 Å². The van der Waals surface area contributed by atoms with E-state index in [0.29, 0.717) is 0 Å². The van der Waals surface area contributed by atoms with Crippen LogP contribution in [0.3, 0.4) is 0 Å². The maximum absolute atomic E-state index is 12.1. The number of halogens is 1. The van der Waals surface area contributed by atoms with E-state index in [-0.39, 0.29) is 24.2 Å². The van der Waals surface area contributed by atoms with Crippen molar-refractivity contribution >= 4 is 0 Å². The highest BCUT2D eigenvalue weighted by atomic mass is 35.5. The first-order valence-corrected chi connectivity index (χ1v) is 9.77. The molecule has 5 heteroatoms. The van der Waals surface area contributed by atoms with Gasteiger partial charge in [-0.1, -0.05) is 56.3 Å². The van der Waals surface area contributed by atoms with E-state index in [9.17, 15) is 5.11 Å². The zero-order valence-electron chi connectivity index (χ0n) is 17.0. The molecule has 1 heterocycles. The summed E-state index contributed by atoms with van der Waals surface area (Å²) in [6, 6.07) is 18.2. The lowest BCUT2D eigenvalue weighted by Crippen LogP contribution is -3.00. The van der Waals surface area contributed by atoms with Crippen LogP contribution in [0.5, 0.6) is 5.75 Å². The summed E-state index contributed by atoms with van der Waals surface area (Å²) in [5.74, 6) is 0.816. The lowest BCUT2D eigenvalue weighted by Gasteiger charge is -2.43. The van der Waals surface area contributed by atoms with E-state index in [1.54, 1.807) is 7.11 Å². The van der Waals surface area contributed by atoms with Crippen LogP contribution in [0.25, 0.3) is 0 Å². The second-order valence-electron chi connectivity index (χ2n) is 7.58. The molecular weight excluding hydrogens is 374 g/mol. The van der Waals surface area contributed by atoms with Crippen LogP contribution in [-0.4, -0.2) is 50.0 Å². The summed E-state index contributed by atoms with van der Waals surface area (Å²) < 4.78 is 10.8. The van der Waals surface area contributed by atoms with Gasteiger partial charge in [-0.25, -0.2) is 0 Å². The van der Waals surface area contributed by atoms with Crippen LogP contribution in [0.4, 0.5) is 0 Å². The first-order valence-electron chi connectivity index (χ1n) is 9.77. The Hall–Kier alpha value is -1.59. The van der Waals surface area contributed by atoms with E-state index in [1.807, 2.05) is 30.3 Å². The highest BCUT2D eigenvalue weighted by molar-refractivity contribution is 5.36. The van der Waals surface area contributed by atoms with Gasteiger partial charge in [0.1, 0.15) is 5.75 Å².